The molecule has 0 radical (unpaired) electrons. The first-order chi connectivity index (χ1) is 27.5. The number of nitrogens with one attached hydrogen (secondary N) is 2. The normalized spacial score (nSPS) is 12.2. The Morgan fingerprint density at radius 2 is 1.42 bits per heavy atom. The number of rotatable bonds is 19. The molecule has 1 atom stereocenters. The molecule has 0 saturated heterocycles. The highest BCUT2D eigenvalue weighted by Crippen LogP contribution is 2.35. The quantitative estimate of drug-likeness (QED) is 0.0780. The molecule has 0 saturated carbocycles. The van der Waals surface area contributed by atoms with Crippen molar-refractivity contribution in [1.29, 1.82) is 0 Å². The van der Waals surface area contributed by atoms with E-state index in [9.17, 15) is 13.2 Å². The van der Waals surface area contributed by atoms with Crippen molar-refractivity contribution in [2.45, 2.75) is 115 Å². The number of ether oxygens (including phenoxy) is 2. The lowest BCUT2D eigenvalue weighted by Gasteiger charge is -2.22. The number of aromatic amines is 1. The van der Waals surface area contributed by atoms with Crippen molar-refractivity contribution in [1.82, 2.24) is 19.8 Å². The maximum absolute atomic E-state index is 14.2. The van der Waals surface area contributed by atoms with Crippen molar-refractivity contribution in [3.05, 3.63) is 118 Å². The number of aryl methyl sites for hydroxylation is 3. The molecular formula is C45H52ClN5O5S. The number of hydrogen-bond acceptors (Lipinski definition) is 7. The number of benzene rings is 4. The second-order valence-electron chi connectivity index (χ2n) is 14.7. The molecule has 10 nitrogen and oxygen atoms in total. The minimum absolute atomic E-state index is 0.122. The van der Waals surface area contributed by atoms with Gasteiger partial charge in [0.25, 0.3) is 5.91 Å². The van der Waals surface area contributed by atoms with E-state index in [1.165, 1.54) is 44.2 Å². The van der Waals surface area contributed by atoms with Gasteiger partial charge < -0.3 is 14.8 Å². The van der Waals surface area contributed by atoms with Crippen molar-refractivity contribution in [2.24, 2.45) is 0 Å². The largest absolute Gasteiger partial charge is 0.489 e. The molecule has 6 aromatic rings. The lowest BCUT2D eigenvalue weighted by molar-refractivity contribution is -0.123. The zero-order chi connectivity index (χ0) is 40.5. The first-order valence-electron chi connectivity index (χ1n) is 19.8. The second-order valence-corrected chi connectivity index (χ2v) is 17.0. The minimum atomic E-state index is -3.82. The monoisotopic (exact) mass is 809 g/mol. The van der Waals surface area contributed by atoms with Crippen LogP contribution in [0, 0.1) is 27.7 Å². The van der Waals surface area contributed by atoms with E-state index in [2.05, 4.69) is 27.5 Å². The third kappa shape index (κ3) is 9.88. The molecule has 2 heterocycles. The Bertz CT molecular complexity index is 2390. The number of nitrogens with zero attached hydrogens (tertiary/aromatic N) is 3. The van der Waals surface area contributed by atoms with Gasteiger partial charge in [-0.3, -0.25) is 9.89 Å². The number of halogens is 1. The van der Waals surface area contributed by atoms with Crippen LogP contribution in [-0.4, -0.2) is 40.2 Å². The van der Waals surface area contributed by atoms with Crippen LogP contribution in [0.3, 0.4) is 0 Å². The first kappa shape index (κ1) is 41.5. The predicted octanol–water partition coefficient (Wildman–Crippen LogP) is 10.9. The average molecular weight is 810 g/mol. The SMILES string of the molecule is CCCCCCCCCCC(Oc1ccc(S(=O)(=O)c2ccc(OCc3ccccc3)cc2)cc1)C(=O)Nc1c(C)cc(C)c(-c2nnc3c(Cl)c(C)[nH]n23)c1C. The van der Waals surface area contributed by atoms with E-state index in [4.69, 9.17) is 21.1 Å². The molecule has 0 spiro atoms. The van der Waals surface area contributed by atoms with Gasteiger partial charge in [-0.05, 0) is 111 Å². The molecule has 2 aromatic heterocycles. The van der Waals surface area contributed by atoms with Crippen LogP contribution >= 0.6 is 11.6 Å². The maximum atomic E-state index is 14.2. The van der Waals surface area contributed by atoms with E-state index in [-0.39, 0.29) is 15.7 Å². The van der Waals surface area contributed by atoms with Gasteiger partial charge in [0, 0.05) is 11.3 Å². The van der Waals surface area contributed by atoms with Crippen LogP contribution in [0.25, 0.3) is 17.0 Å². The van der Waals surface area contributed by atoms with Crippen LogP contribution in [0.15, 0.2) is 94.7 Å². The lowest BCUT2D eigenvalue weighted by Crippen LogP contribution is -2.33. The molecular weight excluding hydrogens is 758 g/mol. The Kier molecular flexibility index (Phi) is 13.7. The Morgan fingerprint density at radius 1 is 0.807 bits per heavy atom. The summed E-state index contributed by atoms with van der Waals surface area (Å²) in [6.45, 7) is 10.4. The number of sulfone groups is 1. The Labute approximate surface area is 340 Å². The molecule has 0 bridgehead atoms. The topological polar surface area (TPSA) is 128 Å². The van der Waals surface area contributed by atoms with Crippen LogP contribution in [0.5, 0.6) is 11.5 Å². The van der Waals surface area contributed by atoms with Crippen LogP contribution < -0.4 is 14.8 Å². The Morgan fingerprint density at radius 3 is 2.07 bits per heavy atom. The molecule has 0 aliphatic rings. The van der Waals surface area contributed by atoms with E-state index in [0.717, 1.165) is 52.8 Å². The van der Waals surface area contributed by atoms with Gasteiger partial charge >= 0.3 is 0 Å². The van der Waals surface area contributed by atoms with Crippen LogP contribution in [0.2, 0.25) is 5.02 Å². The number of anilines is 1. The van der Waals surface area contributed by atoms with Gasteiger partial charge in [0.1, 0.15) is 23.1 Å². The van der Waals surface area contributed by atoms with E-state index >= 15 is 0 Å². The molecule has 1 unspecified atom stereocenters. The van der Waals surface area contributed by atoms with Gasteiger partial charge in [-0.25, -0.2) is 12.9 Å². The zero-order valence-corrected chi connectivity index (χ0v) is 35.0. The van der Waals surface area contributed by atoms with Crippen LogP contribution in [0.1, 0.15) is 92.7 Å². The van der Waals surface area contributed by atoms with Gasteiger partial charge in [0.05, 0.1) is 15.5 Å². The zero-order valence-electron chi connectivity index (χ0n) is 33.4. The molecule has 57 heavy (non-hydrogen) atoms. The number of H-pyrrole nitrogens is 1. The van der Waals surface area contributed by atoms with E-state index in [1.54, 1.807) is 40.9 Å². The standard InChI is InChI=1S/C45H52ClN5O5S/c1-6-7-8-9-10-11-12-16-19-39(45(52)47-42-31(3)28-30(2)40(32(42)4)43-48-49-44-41(46)33(5)50-51(43)44)56-36-22-26-38(27-23-36)57(53,54)37-24-20-35(21-25-37)55-29-34-17-14-13-15-18-34/h13-15,17-18,20-28,39,50H,6-12,16,19,29H2,1-5H3,(H,47,52). The highest BCUT2D eigenvalue weighted by molar-refractivity contribution is 7.91. The van der Waals surface area contributed by atoms with Gasteiger partial charge in [0.2, 0.25) is 9.84 Å². The van der Waals surface area contributed by atoms with E-state index in [0.29, 0.717) is 46.7 Å². The first-order valence-corrected chi connectivity index (χ1v) is 21.6. The van der Waals surface area contributed by atoms with Gasteiger partial charge in [-0.2, -0.15) is 0 Å². The molecule has 12 heteroatoms. The third-order valence-electron chi connectivity index (χ3n) is 10.3. The fourth-order valence-electron chi connectivity index (χ4n) is 7.17. The summed E-state index contributed by atoms with van der Waals surface area (Å²) < 4.78 is 41.1. The summed E-state index contributed by atoms with van der Waals surface area (Å²) in [6.07, 6.45) is 8.69. The smallest absolute Gasteiger partial charge is 0.265 e. The molecule has 0 fully saturated rings. The van der Waals surface area contributed by atoms with Crippen LogP contribution in [0.4, 0.5) is 5.69 Å². The van der Waals surface area contributed by atoms with Crippen LogP contribution in [-0.2, 0) is 21.2 Å². The van der Waals surface area contributed by atoms with E-state index in [1.807, 2.05) is 64.1 Å². The average Bonchev–Trinajstić information content (AvgIpc) is 3.74. The van der Waals surface area contributed by atoms with Gasteiger partial charge in [-0.15, -0.1) is 10.2 Å². The van der Waals surface area contributed by atoms with Crippen molar-refractivity contribution in [3.8, 4) is 22.9 Å². The number of amides is 1. The fourth-order valence-corrected chi connectivity index (χ4v) is 8.59. The summed E-state index contributed by atoms with van der Waals surface area (Å²) in [4.78, 5) is 14.4. The Balaban J connectivity index is 1.18. The van der Waals surface area contributed by atoms with Gasteiger partial charge in [-0.1, -0.05) is 99.9 Å². The number of carbonyl (C=O) groups excluding carboxylic acids is 1. The Hall–Kier alpha value is -5.13. The number of carbonyl (C=O) groups is 1. The molecule has 0 aliphatic carbocycles. The highest BCUT2D eigenvalue weighted by Gasteiger charge is 2.26. The number of hydrogen-bond donors (Lipinski definition) is 2. The summed E-state index contributed by atoms with van der Waals surface area (Å²) in [5.74, 6) is 1.29. The molecule has 1 amide bonds. The van der Waals surface area contributed by atoms with Gasteiger partial charge in [0.15, 0.2) is 17.6 Å². The van der Waals surface area contributed by atoms with Crippen molar-refractivity contribution in [3.63, 3.8) is 0 Å². The molecule has 300 valence electrons. The van der Waals surface area contributed by atoms with Crippen molar-refractivity contribution < 1.29 is 22.7 Å². The van der Waals surface area contributed by atoms with E-state index < -0.39 is 15.9 Å². The summed E-state index contributed by atoms with van der Waals surface area (Å²) in [6, 6.07) is 24.5. The summed E-state index contributed by atoms with van der Waals surface area (Å²) >= 11 is 6.47. The third-order valence-corrected chi connectivity index (χ3v) is 12.6. The number of fused-ring (bicyclic) bond motifs is 1. The maximum Gasteiger partial charge on any atom is 0.265 e. The second kappa shape index (κ2) is 18.9. The minimum Gasteiger partial charge on any atom is -0.489 e. The predicted molar refractivity (Wildman–Crippen MR) is 226 cm³/mol. The summed E-state index contributed by atoms with van der Waals surface area (Å²) in [5.41, 5.74) is 6.58. The number of aromatic nitrogens is 4. The summed E-state index contributed by atoms with van der Waals surface area (Å²) in [5, 5.41) is 15.7. The summed E-state index contributed by atoms with van der Waals surface area (Å²) in [7, 11) is -3.82. The fraction of sp³-hybridized carbons (Fsp3) is 0.356. The molecule has 4 aromatic carbocycles. The number of unbranched alkanes of at least 4 members (excludes halogenated alkanes) is 7. The van der Waals surface area contributed by atoms with Crippen molar-refractivity contribution >= 4 is 38.7 Å². The van der Waals surface area contributed by atoms with Crippen molar-refractivity contribution in [2.75, 3.05) is 5.32 Å². The lowest BCUT2D eigenvalue weighted by atomic mass is 9.96. The molecule has 2 N–H and O–H groups in total. The molecule has 0 aliphatic heterocycles. The molecule has 6 rings (SSSR count). The highest BCUT2D eigenvalue weighted by atomic mass is 35.5.